The van der Waals surface area contributed by atoms with E-state index in [0.717, 1.165) is 37.3 Å². The molecule has 5 nitrogen and oxygen atoms in total. The molecule has 0 aromatic carbocycles. The van der Waals surface area contributed by atoms with Crippen molar-refractivity contribution in [2.75, 3.05) is 18.4 Å². The summed E-state index contributed by atoms with van der Waals surface area (Å²) in [6.07, 6.45) is 3.73. The maximum Gasteiger partial charge on any atom is 0.410 e. The lowest BCUT2D eigenvalue weighted by Gasteiger charge is -2.37. The fraction of sp³-hybridized carbons (Fsp3) is 0.667. The largest absolute Gasteiger partial charge is 0.444 e. The van der Waals surface area contributed by atoms with Gasteiger partial charge in [0.25, 0.3) is 0 Å². The van der Waals surface area contributed by atoms with Crippen LogP contribution in [0.1, 0.15) is 46.2 Å². The molecule has 128 valence electrons. The van der Waals surface area contributed by atoms with Crippen molar-refractivity contribution in [3.63, 3.8) is 0 Å². The van der Waals surface area contributed by atoms with Gasteiger partial charge in [0.05, 0.1) is 11.4 Å². The number of piperidine rings is 1. The van der Waals surface area contributed by atoms with Gasteiger partial charge in [-0.2, -0.15) is 0 Å². The van der Waals surface area contributed by atoms with Crippen LogP contribution in [-0.2, 0) is 4.74 Å². The monoisotopic (exact) mass is 319 g/mol. The molecular weight excluding hydrogens is 290 g/mol. The number of amides is 1. The van der Waals surface area contributed by atoms with E-state index in [1.807, 2.05) is 44.7 Å². The first-order chi connectivity index (χ1) is 10.8. The Bertz CT molecular complexity index is 539. The summed E-state index contributed by atoms with van der Waals surface area (Å²) >= 11 is 0. The van der Waals surface area contributed by atoms with E-state index in [0.29, 0.717) is 5.92 Å². The predicted molar refractivity (Wildman–Crippen MR) is 92.6 cm³/mol. The molecule has 0 radical (unpaired) electrons. The van der Waals surface area contributed by atoms with Gasteiger partial charge in [-0.05, 0) is 65.5 Å². The summed E-state index contributed by atoms with van der Waals surface area (Å²) < 4.78 is 5.50. The molecule has 2 unspecified atom stereocenters. The summed E-state index contributed by atoms with van der Waals surface area (Å²) in [6.45, 7) is 11.4. The third-order valence-electron chi connectivity index (χ3n) is 4.21. The average molecular weight is 319 g/mol. The van der Waals surface area contributed by atoms with Gasteiger partial charge in [0, 0.05) is 25.3 Å². The molecule has 1 aromatic rings. The quantitative estimate of drug-likeness (QED) is 0.920. The number of aromatic nitrogens is 1. The zero-order valence-electron chi connectivity index (χ0n) is 14.9. The van der Waals surface area contributed by atoms with Crippen LogP contribution in [0.15, 0.2) is 18.3 Å². The molecule has 1 aromatic heterocycles. The first kappa shape index (κ1) is 17.6. The minimum Gasteiger partial charge on any atom is -0.444 e. The molecule has 23 heavy (non-hydrogen) atoms. The van der Waals surface area contributed by atoms with Gasteiger partial charge in [-0.3, -0.25) is 4.98 Å². The van der Waals surface area contributed by atoms with Crippen molar-refractivity contribution in [1.29, 1.82) is 0 Å². The third kappa shape index (κ3) is 5.12. The van der Waals surface area contributed by atoms with E-state index in [-0.39, 0.29) is 12.1 Å². The van der Waals surface area contributed by atoms with Crippen LogP contribution in [0.2, 0.25) is 0 Å². The number of aryl methyl sites for hydroxylation is 1. The highest BCUT2D eigenvalue weighted by Gasteiger charge is 2.30. The van der Waals surface area contributed by atoms with Gasteiger partial charge in [-0.1, -0.05) is 0 Å². The minimum atomic E-state index is -0.444. The molecule has 0 aliphatic carbocycles. The summed E-state index contributed by atoms with van der Waals surface area (Å²) in [5.74, 6) is 0.413. The highest BCUT2D eigenvalue weighted by molar-refractivity contribution is 5.68. The third-order valence-corrected chi connectivity index (χ3v) is 4.21. The van der Waals surface area contributed by atoms with Gasteiger partial charge >= 0.3 is 6.09 Å². The highest BCUT2D eigenvalue weighted by atomic mass is 16.6. The Morgan fingerprint density at radius 2 is 2.22 bits per heavy atom. The number of hydrogen-bond acceptors (Lipinski definition) is 4. The van der Waals surface area contributed by atoms with Crippen molar-refractivity contribution < 1.29 is 9.53 Å². The highest BCUT2D eigenvalue weighted by Crippen LogP contribution is 2.24. The van der Waals surface area contributed by atoms with Crippen LogP contribution in [0.3, 0.4) is 0 Å². The number of ether oxygens (including phenoxy) is 1. The molecule has 1 saturated heterocycles. The van der Waals surface area contributed by atoms with E-state index in [1.54, 1.807) is 6.20 Å². The fourth-order valence-electron chi connectivity index (χ4n) is 2.91. The summed E-state index contributed by atoms with van der Waals surface area (Å²) in [6, 6.07) is 4.27. The van der Waals surface area contributed by atoms with Crippen LogP contribution in [0.5, 0.6) is 0 Å². The summed E-state index contributed by atoms with van der Waals surface area (Å²) in [4.78, 5) is 18.4. The maximum absolute atomic E-state index is 12.3. The van der Waals surface area contributed by atoms with Gasteiger partial charge in [0.1, 0.15) is 5.60 Å². The molecular formula is C18H29N3O2. The Morgan fingerprint density at radius 3 is 2.87 bits per heavy atom. The molecule has 1 N–H and O–H groups in total. The number of anilines is 1. The molecule has 2 heterocycles. The number of carbonyl (C=O) groups is 1. The average Bonchev–Trinajstić information content (AvgIpc) is 2.48. The van der Waals surface area contributed by atoms with Crippen molar-refractivity contribution in [2.45, 2.75) is 59.1 Å². The first-order valence-corrected chi connectivity index (χ1v) is 8.42. The van der Waals surface area contributed by atoms with Crippen LogP contribution in [-0.4, -0.2) is 40.7 Å². The van der Waals surface area contributed by atoms with Gasteiger partial charge in [0.2, 0.25) is 0 Å². The molecule has 0 bridgehead atoms. The number of hydrogen-bond donors (Lipinski definition) is 1. The van der Waals surface area contributed by atoms with E-state index in [1.165, 1.54) is 0 Å². The van der Waals surface area contributed by atoms with Crippen LogP contribution >= 0.6 is 0 Å². The van der Waals surface area contributed by atoms with Crippen molar-refractivity contribution in [1.82, 2.24) is 9.88 Å². The number of likely N-dealkylation sites (tertiary alicyclic amines) is 1. The number of pyridine rings is 1. The van der Waals surface area contributed by atoms with Crippen molar-refractivity contribution in [3.8, 4) is 0 Å². The topological polar surface area (TPSA) is 54.5 Å². The normalized spacial score (nSPS) is 20.0. The molecule has 2 atom stereocenters. The van der Waals surface area contributed by atoms with E-state index in [4.69, 9.17) is 4.74 Å². The first-order valence-electron chi connectivity index (χ1n) is 8.42. The van der Waals surface area contributed by atoms with Gasteiger partial charge in [0.15, 0.2) is 0 Å². The predicted octanol–water partition coefficient (Wildman–Crippen LogP) is 3.84. The van der Waals surface area contributed by atoms with Crippen LogP contribution in [0.25, 0.3) is 0 Å². The van der Waals surface area contributed by atoms with E-state index in [2.05, 4.69) is 17.2 Å². The zero-order valence-corrected chi connectivity index (χ0v) is 14.9. The lowest BCUT2D eigenvalue weighted by atomic mass is 9.91. The number of nitrogens with one attached hydrogen (secondary N) is 1. The molecule has 5 heteroatoms. The second kappa shape index (κ2) is 7.20. The Hall–Kier alpha value is -1.78. The molecule has 0 spiro atoms. The van der Waals surface area contributed by atoms with Crippen molar-refractivity contribution >= 4 is 11.8 Å². The second-order valence-electron chi connectivity index (χ2n) is 7.40. The molecule has 0 saturated carbocycles. The van der Waals surface area contributed by atoms with E-state index in [9.17, 15) is 4.79 Å². The summed E-state index contributed by atoms with van der Waals surface area (Å²) in [7, 11) is 0. The summed E-state index contributed by atoms with van der Waals surface area (Å²) in [5.41, 5.74) is 1.62. The number of carbonyl (C=O) groups excluding carboxylic acids is 1. The SMILES string of the molecule is Cc1ncccc1NC(C)C1CCCN(C(=O)OC(C)(C)C)C1. The lowest BCUT2D eigenvalue weighted by Crippen LogP contribution is -2.46. The Kier molecular flexibility index (Phi) is 5.50. The molecule has 1 aliphatic heterocycles. The molecule has 2 rings (SSSR count). The molecule has 1 aliphatic rings. The molecule has 1 amide bonds. The van der Waals surface area contributed by atoms with E-state index >= 15 is 0 Å². The number of rotatable bonds is 3. The van der Waals surface area contributed by atoms with Crippen molar-refractivity contribution in [2.24, 2.45) is 5.92 Å². The van der Waals surface area contributed by atoms with Crippen LogP contribution < -0.4 is 5.32 Å². The Balaban J connectivity index is 1.95. The van der Waals surface area contributed by atoms with Crippen molar-refractivity contribution in [3.05, 3.63) is 24.0 Å². The Labute approximate surface area is 139 Å². The van der Waals surface area contributed by atoms with E-state index < -0.39 is 5.60 Å². The smallest absolute Gasteiger partial charge is 0.410 e. The summed E-state index contributed by atoms with van der Waals surface area (Å²) in [5, 5.41) is 3.55. The van der Waals surface area contributed by atoms with Crippen LogP contribution in [0.4, 0.5) is 10.5 Å². The zero-order chi connectivity index (χ0) is 17.0. The van der Waals surface area contributed by atoms with Gasteiger partial charge in [-0.25, -0.2) is 4.79 Å². The fourth-order valence-corrected chi connectivity index (χ4v) is 2.91. The van der Waals surface area contributed by atoms with Gasteiger partial charge in [-0.15, -0.1) is 0 Å². The Morgan fingerprint density at radius 1 is 1.48 bits per heavy atom. The number of nitrogens with zero attached hydrogens (tertiary/aromatic N) is 2. The second-order valence-corrected chi connectivity index (χ2v) is 7.40. The lowest BCUT2D eigenvalue weighted by molar-refractivity contribution is 0.0159. The molecule has 1 fully saturated rings. The maximum atomic E-state index is 12.3. The van der Waals surface area contributed by atoms with Crippen LogP contribution in [0, 0.1) is 12.8 Å². The minimum absolute atomic E-state index is 0.202. The standard InChI is InChI=1S/C18H29N3O2/c1-13(20-16-9-6-10-19-14(16)2)15-8-7-11-21(12-15)17(22)23-18(3,4)5/h6,9-10,13,15,20H,7-8,11-12H2,1-5H3. The van der Waals surface area contributed by atoms with Gasteiger partial charge < -0.3 is 15.0 Å².